The molecule has 0 aromatic heterocycles. The van der Waals surface area contributed by atoms with Gasteiger partial charge < -0.3 is 14.7 Å². The maximum Gasteiger partial charge on any atom is 0.119 e. The van der Waals surface area contributed by atoms with Crippen molar-refractivity contribution in [1.29, 1.82) is 0 Å². The summed E-state index contributed by atoms with van der Waals surface area (Å²) in [5.41, 5.74) is 1.20. The summed E-state index contributed by atoms with van der Waals surface area (Å²) in [6.45, 7) is 2.54. The lowest BCUT2D eigenvalue weighted by molar-refractivity contribution is 0.169. The Bertz CT molecular complexity index is 453. The molecule has 1 saturated heterocycles. The predicted octanol–water partition coefficient (Wildman–Crippen LogP) is 1.95. The van der Waals surface area contributed by atoms with Gasteiger partial charge >= 0.3 is 0 Å². The quantitative estimate of drug-likeness (QED) is 0.887. The number of hydrogen-bond donors (Lipinski definition) is 1. The summed E-state index contributed by atoms with van der Waals surface area (Å²) < 4.78 is 6.38. The summed E-state index contributed by atoms with van der Waals surface area (Å²) in [7, 11) is 5.83. The van der Waals surface area contributed by atoms with Gasteiger partial charge in [0, 0.05) is 30.1 Å². The number of likely N-dealkylation sites (N-methyl/N-ethyl adjacent to an activating group) is 1. The van der Waals surface area contributed by atoms with Crippen LogP contribution in [0, 0.1) is 0 Å². The molecule has 0 aliphatic carbocycles. The number of aliphatic hydroxyl groups excluding tert-OH is 1. The standard InChI is InChI=1S/C15H23BrN2O2/c1-17(2)9-12-7-13(19)10-18(12)8-11-6-14(20-3)4-5-15(11)16/h4-6,12-13,19H,7-10H2,1-3H3. The van der Waals surface area contributed by atoms with Gasteiger partial charge in [-0.15, -0.1) is 0 Å². The number of nitrogens with zero attached hydrogens (tertiary/aromatic N) is 2. The number of rotatable bonds is 5. The minimum Gasteiger partial charge on any atom is -0.497 e. The second kappa shape index (κ2) is 6.89. The van der Waals surface area contributed by atoms with Crippen LogP contribution in [0.25, 0.3) is 0 Å². The lowest BCUT2D eigenvalue weighted by atomic mass is 10.1. The molecule has 0 saturated carbocycles. The lowest BCUT2D eigenvalue weighted by Gasteiger charge is -2.27. The zero-order chi connectivity index (χ0) is 14.7. The van der Waals surface area contributed by atoms with E-state index in [0.717, 1.165) is 36.3 Å². The van der Waals surface area contributed by atoms with Crippen LogP contribution >= 0.6 is 15.9 Å². The van der Waals surface area contributed by atoms with E-state index in [1.165, 1.54) is 5.56 Å². The van der Waals surface area contributed by atoms with Gasteiger partial charge in [-0.2, -0.15) is 0 Å². The van der Waals surface area contributed by atoms with Gasteiger partial charge in [-0.1, -0.05) is 15.9 Å². The maximum absolute atomic E-state index is 9.93. The fourth-order valence-electron chi connectivity index (χ4n) is 2.78. The van der Waals surface area contributed by atoms with E-state index < -0.39 is 0 Å². The molecular formula is C15H23BrN2O2. The van der Waals surface area contributed by atoms with Crippen molar-refractivity contribution in [2.75, 3.05) is 34.3 Å². The Morgan fingerprint density at radius 2 is 2.20 bits per heavy atom. The van der Waals surface area contributed by atoms with E-state index in [4.69, 9.17) is 4.74 Å². The minimum atomic E-state index is -0.218. The molecule has 0 bridgehead atoms. The van der Waals surface area contributed by atoms with E-state index >= 15 is 0 Å². The van der Waals surface area contributed by atoms with Crippen molar-refractivity contribution in [1.82, 2.24) is 9.80 Å². The van der Waals surface area contributed by atoms with Gasteiger partial charge in [0.2, 0.25) is 0 Å². The number of methoxy groups -OCH3 is 1. The highest BCUT2D eigenvalue weighted by atomic mass is 79.9. The van der Waals surface area contributed by atoms with E-state index in [-0.39, 0.29) is 6.10 Å². The third-order valence-electron chi connectivity index (χ3n) is 3.71. The third-order valence-corrected chi connectivity index (χ3v) is 4.48. The molecule has 1 aliphatic rings. The van der Waals surface area contributed by atoms with Crippen LogP contribution < -0.4 is 4.74 Å². The summed E-state index contributed by atoms with van der Waals surface area (Å²) in [6.07, 6.45) is 0.629. The Balaban J connectivity index is 2.11. The van der Waals surface area contributed by atoms with Crippen molar-refractivity contribution in [3.05, 3.63) is 28.2 Å². The molecular weight excluding hydrogens is 320 g/mol. The molecule has 0 amide bonds. The molecule has 2 atom stereocenters. The molecule has 1 aromatic carbocycles. The first-order valence-electron chi connectivity index (χ1n) is 6.89. The van der Waals surface area contributed by atoms with Crippen LogP contribution in [-0.2, 0) is 6.54 Å². The zero-order valence-corrected chi connectivity index (χ0v) is 13.9. The molecule has 4 nitrogen and oxygen atoms in total. The average molecular weight is 343 g/mol. The molecule has 1 aromatic rings. The van der Waals surface area contributed by atoms with Crippen LogP contribution in [0.15, 0.2) is 22.7 Å². The molecule has 1 aliphatic heterocycles. The first-order valence-corrected chi connectivity index (χ1v) is 7.68. The first kappa shape index (κ1) is 15.8. The largest absolute Gasteiger partial charge is 0.497 e. The molecule has 2 rings (SSSR count). The highest BCUT2D eigenvalue weighted by Gasteiger charge is 2.31. The van der Waals surface area contributed by atoms with Crippen LogP contribution in [0.3, 0.4) is 0 Å². The van der Waals surface area contributed by atoms with Gasteiger partial charge in [-0.25, -0.2) is 0 Å². The molecule has 112 valence electrons. The minimum absolute atomic E-state index is 0.218. The van der Waals surface area contributed by atoms with Crippen molar-refractivity contribution in [2.24, 2.45) is 0 Å². The van der Waals surface area contributed by atoms with Crippen molar-refractivity contribution in [2.45, 2.75) is 25.1 Å². The smallest absolute Gasteiger partial charge is 0.119 e. The number of ether oxygens (including phenoxy) is 1. The molecule has 5 heteroatoms. The van der Waals surface area contributed by atoms with Crippen LogP contribution in [0.5, 0.6) is 5.75 Å². The van der Waals surface area contributed by atoms with Crippen LogP contribution in [0.4, 0.5) is 0 Å². The van der Waals surface area contributed by atoms with E-state index in [9.17, 15) is 5.11 Å². The summed E-state index contributed by atoms with van der Waals surface area (Å²) in [5.74, 6) is 0.868. The zero-order valence-electron chi connectivity index (χ0n) is 12.3. The number of likely N-dealkylation sites (tertiary alicyclic amines) is 1. The Morgan fingerprint density at radius 1 is 1.45 bits per heavy atom. The first-order chi connectivity index (χ1) is 9.49. The SMILES string of the molecule is COc1ccc(Br)c(CN2CC(O)CC2CN(C)C)c1. The summed E-state index contributed by atoms with van der Waals surface area (Å²) in [4.78, 5) is 4.53. The number of aliphatic hydroxyl groups is 1. The number of β-amino-alcohol motifs (C(OH)–C–C–N with tert-alkyl or cyclic N) is 1. The van der Waals surface area contributed by atoms with Gasteiger partial charge in [0.05, 0.1) is 13.2 Å². The van der Waals surface area contributed by atoms with E-state index in [1.807, 2.05) is 12.1 Å². The molecule has 1 fully saturated rings. The van der Waals surface area contributed by atoms with Gasteiger partial charge in [0.15, 0.2) is 0 Å². The summed E-state index contributed by atoms with van der Waals surface area (Å²) in [6, 6.07) is 6.42. The van der Waals surface area contributed by atoms with E-state index in [1.54, 1.807) is 7.11 Å². The number of hydrogen-bond acceptors (Lipinski definition) is 4. The molecule has 2 unspecified atom stereocenters. The molecule has 0 radical (unpaired) electrons. The monoisotopic (exact) mass is 342 g/mol. The Kier molecular flexibility index (Phi) is 5.43. The van der Waals surface area contributed by atoms with Crippen molar-refractivity contribution in [3.63, 3.8) is 0 Å². The number of benzene rings is 1. The Morgan fingerprint density at radius 3 is 2.85 bits per heavy atom. The van der Waals surface area contributed by atoms with Crippen LogP contribution in [0.1, 0.15) is 12.0 Å². The molecule has 20 heavy (non-hydrogen) atoms. The van der Waals surface area contributed by atoms with E-state index in [0.29, 0.717) is 6.04 Å². The van der Waals surface area contributed by atoms with Crippen LogP contribution in [-0.4, -0.2) is 61.3 Å². The highest BCUT2D eigenvalue weighted by Crippen LogP contribution is 2.27. The fraction of sp³-hybridized carbons (Fsp3) is 0.600. The topological polar surface area (TPSA) is 35.9 Å². The average Bonchev–Trinajstić information content (AvgIpc) is 2.71. The van der Waals surface area contributed by atoms with Crippen molar-refractivity contribution in [3.8, 4) is 5.75 Å². The fourth-order valence-corrected chi connectivity index (χ4v) is 3.15. The van der Waals surface area contributed by atoms with Crippen LogP contribution in [0.2, 0.25) is 0 Å². The van der Waals surface area contributed by atoms with Crippen molar-refractivity contribution >= 4 is 15.9 Å². The number of halogens is 1. The molecule has 1 heterocycles. The molecule has 0 spiro atoms. The Hall–Kier alpha value is -0.620. The van der Waals surface area contributed by atoms with Crippen molar-refractivity contribution < 1.29 is 9.84 Å². The van der Waals surface area contributed by atoms with E-state index in [2.05, 4.69) is 45.9 Å². The Labute approximate surface area is 129 Å². The summed E-state index contributed by atoms with van der Waals surface area (Å²) >= 11 is 3.60. The highest BCUT2D eigenvalue weighted by molar-refractivity contribution is 9.10. The normalized spacial score (nSPS) is 23.5. The molecule has 1 N–H and O–H groups in total. The second-order valence-electron chi connectivity index (χ2n) is 5.69. The van der Waals surface area contributed by atoms with Gasteiger partial charge in [-0.3, -0.25) is 4.90 Å². The second-order valence-corrected chi connectivity index (χ2v) is 6.55. The van der Waals surface area contributed by atoms with Gasteiger partial charge in [-0.05, 0) is 44.3 Å². The maximum atomic E-state index is 9.93. The van der Waals surface area contributed by atoms with Gasteiger partial charge in [0.1, 0.15) is 5.75 Å². The lowest BCUT2D eigenvalue weighted by Crippen LogP contribution is -2.37. The third kappa shape index (κ3) is 3.95. The van der Waals surface area contributed by atoms with Gasteiger partial charge in [0.25, 0.3) is 0 Å². The predicted molar refractivity (Wildman–Crippen MR) is 84.1 cm³/mol. The summed E-state index contributed by atoms with van der Waals surface area (Å²) in [5, 5.41) is 9.93.